The van der Waals surface area contributed by atoms with Crippen molar-refractivity contribution in [3.05, 3.63) is 95.7 Å². The molecule has 0 bridgehead atoms. The Labute approximate surface area is 199 Å². The molecule has 4 nitrogen and oxygen atoms in total. The van der Waals surface area contributed by atoms with Crippen molar-refractivity contribution in [2.75, 3.05) is 13.1 Å². The zero-order valence-corrected chi connectivity index (χ0v) is 20.4. The Balaban J connectivity index is 2.29. The molecule has 4 heteroatoms. The summed E-state index contributed by atoms with van der Waals surface area (Å²) in [5, 5.41) is 0. The molecular weight excluding hydrogens is 408 g/mol. The molecule has 0 aromatic heterocycles. The fourth-order valence-corrected chi connectivity index (χ4v) is 3.65. The van der Waals surface area contributed by atoms with E-state index in [1.54, 1.807) is 11.0 Å². The van der Waals surface area contributed by atoms with Gasteiger partial charge >= 0.3 is 0 Å². The van der Waals surface area contributed by atoms with E-state index in [0.717, 1.165) is 30.4 Å². The molecule has 0 aliphatic carbocycles. The third-order valence-electron chi connectivity index (χ3n) is 5.65. The smallest absolute Gasteiger partial charge is 0.258 e. The van der Waals surface area contributed by atoms with Gasteiger partial charge in [-0.1, -0.05) is 74.7 Å². The van der Waals surface area contributed by atoms with Crippen molar-refractivity contribution in [1.29, 1.82) is 0 Å². The number of rotatable bonds is 13. The lowest BCUT2D eigenvalue weighted by Crippen LogP contribution is -2.29. The van der Waals surface area contributed by atoms with Gasteiger partial charge in [0, 0.05) is 30.9 Å². The van der Waals surface area contributed by atoms with Crippen LogP contribution in [0.1, 0.15) is 68.8 Å². The molecule has 0 radical (unpaired) electrons. The van der Waals surface area contributed by atoms with Gasteiger partial charge in [-0.25, -0.2) is 0 Å². The highest BCUT2D eigenvalue weighted by Gasteiger charge is 2.14. The standard InChI is InChI=1S/C29H38N2O2/c1-4-7-8-11-16-25(23-28(32)30(5-2)6-3)21-22-31(24-26-17-12-9-13-18-26)29(33)27-19-14-10-15-20-27/h9-10,12-15,17-23H,4-8,11,16,24H2,1-3H3/b22-21+,25-23+. The SMILES string of the molecule is CCCCCCC(/C=C/N(Cc1ccccc1)C(=O)c1ccccc1)=C\C(=O)N(CC)CC. The summed E-state index contributed by atoms with van der Waals surface area (Å²) < 4.78 is 0. The predicted molar refractivity (Wildman–Crippen MR) is 137 cm³/mol. The molecule has 2 rings (SSSR count). The van der Waals surface area contributed by atoms with Crippen LogP contribution in [0.2, 0.25) is 0 Å². The molecule has 0 atom stereocenters. The predicted octanol–water partition coefficient (Wildman–Crippen LogP) is 6.61. The summed E-state index contributed by atoms with van der Waals surface area (Å²) in [6.45, 7) is 8.02. The number of unbranched alkanes of at least 4 members (excludes halogenated alkanes) is 3. The van der Waals surface area contributed by atoms with Crippen molar-refractivity contribution >= 4 is 11.8 Å². The molecule has 0 fully saturated rings. The fraction of sp³-hybridized carbons (Fsp3) is 0.379. The minimum Gasteiger partial charge on any atom is -0.340 e. The maximum atomic E-state index is 13.3. The Morgan fingerprint density at radius 3 is 2.06 bits per heavy atom. The van der Waals surface area contributed by atoms with Crippen LogP contribution in [0.15, 0.2) is 84.6 Å². The van der Waals surface area contributed by atoms with E-state index in [-0.39, 0.29) is 11.8 Å². The summed E-state index contributed by atoms with van der Waals surface area (Å²) >= 11 is 0. The summed E-state index contributed by atoms with van der Waals surface area (Å²) in [5.74, 6) is -0.0322. The number of carbonyl (C=O) groups excluding carboxylic acids is 2. The Morgan fingerprint density at radius 1 is 0.818 bits per heavy atom. The highest BCUT2D eigenvalue weighted by Crippen LogP contribution is 2.16. The van der Waals surface area contributed by atoms with E-state index in [2.05, 4.69) is 6.92 Å². The average molecular weight is 447 g/mol. The molecule has 176 valence electrons. The van der Waals surface area contributed by atoms with Crippen molar-refractivity contribution in [2.45, 2.75) is 59.4 Å². The number of likely N-dealkylation sites (N-methyl/N-ethyl adjacent to an activating group) is 1. The largest absolute Gasteiger partial charge is 0.340 e. The topological polar surface area (TPSA) is 40.6 Å². The zero-order valence-electron chi connectivity index (χ0n) is 20.4. The first-order valence-electron chi connectivity index (χ1n) is 12.2. The van der Waals surface area contributed by atoms with Crippen LogP contribution in [0.25, 0.3) is 0 Å². The molecule has 0 spiro atoms. The highest BCUT2D eigenvalue weighted by molar-refractivity contribution is 5.95. The van der Waals surface area contributed by atoms with Crippen molar-refractivity contribution in [3.63, 3.8) is 0 Å². The van der Waals surface area contributed by atoms with Crippen LogP contribution >= 0.6 is 0 Å². The number of hydrogen-bond donors (Lipinski definition) is 0. The van der Waals surface area contributed by atoms with Gasteiger partial charge in [-0.05, 0) is 56.0 Å². The van der Waals surface area contributed by atoms with Crippen LogP contribution in [0.5, 0.6) is 0 Å². The third-order valence-corrected chi connectivity index (χ3v) is 5.65. The lowest BCUT2D eigenvalue weighted by atomic mass is 10.1. The Kier molecular flexibility index (Phi) is 11.7. The summed E-state index contributed by atoms with van der Waals surface area (Å²) in [7, 11) is 0. The highest BCUT2D eigenvalue weighted by atomic mass is 16.2. The fourth-order valence-electron chi connectivity index (χ4n) is 3.65. The number of benzene rings is 2. The summed E-state index contributed by atoms with van der Waals surface area (Å²) in [6, 6.07) is 19.3. The first-order chi connectivity index (χ1) is 16.1. The van der Waals surface area contributed by atoms with E-state index < -0.39 is 0 Å². The van der Waals surface area contributed by atoms with Gasteiger partial charge in [0.15, 0.2) is 0 Å². The van der Waals surface area contributed by atoms with Gasteiger partial charge in [0.2, 0.25) is 5.91 Å². The quantitative estimate of drug-likeness (QED) is 0.197. The van der Waals surface area contributed by atoms with Gasteiger partial charge in [-0.2, -0.15) is 0 Å². The maximum Gasteiger partial charge on any atom is 0.258 e. The van der Waals surface area contributed by atoms with Crippen LogP contribution < -0.4 is 0 Å². The number of carbonyl (C=O) groups is 2. The minimum absolute atomic E-state index is 0.0270. The van der Waals surface area contributed by atoms with E-state index in [0.29, 0.717) is 25.2 Å². The summed E-state index contributed by atoms with van der Waals surface area (Å²) in [5.41, 5.74) is 2.66. The molecule has 0 saturated heterocycles. The molecule has 2 aromatic carbocycles. The van der Waals surface area contributed by atoms with Gasteiger partial charge in [-0.3, -0.25) is 9.59 Å². The van der Waals surface area contributed by atoms with Gasteiger partial charge < -0.3 is 9.80 Å². The summed E-state index contributed by atoms with van der Waals surface area (Å²) in [6.07, 6.45) is 10.9. The van der Waals surface area contributed by atoms with Gasteiger partial charge in [-0.15, -0.1) is 0 Å². The molecule has 0 aliphatic heterocycles. The minimum atomic E-state index is -0.0592. The van der Waals surface area contributed by atoms with Crippen LogP contribution in [0, 0.1) is 0 Å². The molecule has 2 amide bonds. The summed E-state index contributed by atoms with van der Waals surface area (Å²) in [4.78, 5) is 29.5. The van der Waals surface area contributed by atoms with Gasteiger partial charge in [0.25, 0.3) is 5.91 Å². The molecule has 0 unspecified atom stereocenters. The molecule has 0 aliphatic rings. The number of allylic oxidation sites excluding steroid dienone is 2. The molecule has 33 heavy (non-hydrogen) atoms. The first kappa shape index (κ1) is 26.1. The van der Waals surface area contributed by atoms with E-state index in [9.17, 15) is 9.59 Å². The van der Waals surface area contributed by atoms with Crippen molar-refractivity contribution < 1.29 is 9.59 Å². The van der Waals surface area contributed by atoms with E-state index in [1.807, 2.05) is 91.7 Å². The number of nitrogens with zero attached hydrogens (tertiary/aromatic N) is 2. The second-order valence-electron chi connectivity index (χ2n) is 8.14. The Morgan fingerprint density at radius 2 is 1.45 bits per heavy atom. The third kappa shape index (κ3) is 9.09. The molecule has 0 heterocycles. The lowest BCUT2D eigenvalue weighted by Gasteiger charge is -2.20. The Bertz CT molecular complexity index is 900. The van der Waals surface area contributed by atoms with E-state index in [1.165, 1.54) is 12.8 Å². The molecule has 0 N–H and O–H groups in total. The molecular formula is C29H38N2O2. The zero-order chi connectivity index (χ0) is 23.9. The monoisotopic (exact) mass is 446 g/mol. The number of amides is 2. The lowest BCUT2D eigenvalue weighted by molar-refractivity contribution is -0.125. The van der Waals surface area contributed by atoms with Crippen molar-refractivity contribution in [1.82, 2.24) is 9.80 Å². The normalized spacial score (nSPS) is 11.5. The van der Waals surface area contributed by atoms with Gasteiger partial charge in [0.05, 0.1) is 6.54 Å². The van der Waals surface area contributed by atoms with Gasteiger partial charge in [0.1, 0.15) is 0 Å². The Hall–Kier alpha value is -3.14. The second kappa shape index (κ2) is 14.8. The number of hydrogen-bond acceptors (Lipinski definition) is 2. The van der Waals surface area contributed by atoms with E-state index >= 15 is 0 Å². The van der Waals surface area contributed by atoms with Crippen LogP contribution in [0.4, 0.5) is 0 Å². The van der Waals surface area contributed by atoms with Crippen LogP contribution in [-0.2, 0) is 11.3 Å². The van der Waals surface area contributed by atoms with E-state index in [4.69, 9.17) is 0 Å². The second-order valence-corrected chi connectivity index (χ2v) is 8.14. The molecule has 2 aromatic rings. The van der Waals surface area contributed by atoms with Crippen molar-refractivity contribution in [2.24, 2.45) is 0 Å². The maximum absolute atomic E-state index is 13.3. The van der Waals surface area contributed by atoms with Crippen LogP contribution in [-0.4, -0.2) is 34.7 Å². The van der Waals surface area contributed by atoms with Crippen molar-refractivity contribution in [3.8, 4) is 0 Å². The van der Waals surface area contributed by atoms with Crippen LogP contribution in [0.3, 0.4) is 0 Å². The average Bonchev–Trinajstić information content (AvgIpc) is 2.85. The molecule has 0 saturated carbocycles. The first-order valence-corrected chi connectivity index (χ1v) is 12.2.